The van der Waals surface area contributed by atoms with Gasteiger partial charge in [0.05, 0.1) is 13.2 Å². The minimum atomic E-state index is -5.73. The molecule has 3 rings (SSSR count). The summed E-state index contributed by atoms with van der Waals surface area (Å²) in [5.41, 5.74) is 6.54. The lowest BCUT2D eigenvalue weighted by molar-refractivity contribution is -0.247. The molecule has 2 saturated heterocycles. The number of rotatable bonds is 12. The minimum Gasteiger partial charge on any atom is -0.394 e. The van der Waals surface area contributed by atoms with E-state index in [9.17, 15) is 58.8 Å². The Kier molecular flexibility index (Phi) is 11.2. The molecule has 2 aliphatic rings. The number of aliphatic hydroxyl groups excluding tert-OH is 5. The van der Waals surface area contributed by atoms with E-state index >= 15 is 0 Å². The third kappa shape index (κ3) is 8.29. The van der Waals surface area contributed by atoms with Gasteiger partial charge in [-0.1, -0.05) is 5.11 Å². The van der Waals surface area contributed by atoms with Crippen LogP contribution in [0, 0.1) is 0 Å². The van der Waals surface area contributed by atoms with Crippen LogP contribution < -0.4 is 16.6 Å². The molecule has 1 amide bonds. The van der Waals surface area contributed by atoms with Crippen LogP contribution in [0.25, 0.3) is 10.4 Å². The predicted octanol–water partition coefficient (Wildman–Crippen LogP) is -4.36. The quantitative estimate of drug-likeness (QED) is 0.0447. The van der Waals surface area contributed by atoms with Crippen LogP contribution >= 0.6 is 15.6 Å². The fourth-order valence-electron chi connectivity index (χ4n) is 3.85. The maximum atomic E-state index is 12.5. The maximum absolute atomic E-state index is 12.5. The summed E-state index contributed by atoms with van der Waals surface area (Å²) >= 11 is 0. The second-order valence-corrected chi connectivity index (χ2v) is 11.7. The fourth-order valence-corrected chi connectivity index (χ4v) is 6.01. The Morgan fingerprint density at radius 1 is 1.10 bits per heavy atom. The van der Waals surface area contributed by atoms with Crippen molar-refractivity contribution in [2.45, 2.75) is 55.2 Å². The van der Waals surface area contributed by atoms with Crippen LogP contribution in [0.1, 0.15) is 6.23 Å². The summed E-state index contributed by atoms with van der Waals surface area (Å²) < 4.78 is 49.3. The van der Waals surface area contributed by atoms with Crippen LogP contribution in [0.3, 0.4) is 0 Å². The second kappa shape index (κ2) is 13.8. The molecule has 0 aromatic carbocycles. The van der Waals surface area contributed by atoms with Crippen molar-refractivity contribution in [3.05, 3.63) is 43.5 Å². The summed E-state index contributed by atoms with van der Waals surface area (Å²) in [4.78, 5) is 59.4. The molecule has 9 N–H and O–H groups in total. The highest BCUT2D eigenvalue weighted by atomic mass is 31.3. The molecule has 3 heterocycles. The van der Waals surface area contributed by atoms with Crippen LogP contribution in [0.2, 0.25) is 0 Å². The molecule has 236 valence electrons. The van der Waals surface area contributed by atoms with E-state index in [0.717, 1.165) is 12.3 Å². The number of hydrogen-bond donors (Lipinski definition) is 9. The molecular weight excluding hydrogens is 622 g/mol. The van der Waals surface area contributed by atoms with E-state index in [1.807, 2.05) is 10.3 Å². The number of phosphoric ester groups is 2. The lowest BCUT2D eigenvalue weighted by atomic mass is 9.97. The Hall–Kier alpha value is -2.56. The zero-order valence-electron chi connectivity index (χ0n) is 20.9. The van der Waals surface area contributed by atoms with Crippen molar-refractivity contribution in [3.63, 3.8) is 0 Å². The van der Waals surface area contributed by atoms with Crippen molar-refractivity contribution in [2.24, 2.45) is 5.11 Å². The SMILES string of the molecule is [N-]=[N+]=NCC(=O)NC1[C@@H](OP(=O)(O)OP(=O)(O)OC[C@H]2O[C@@H](n3ccc(=O)[nH]c3=O)[C@@H](O)C2O)OC(CO)[C@H](O)[C@H]1O. The molecule has 23 nitrogen and oxygen atoms in total. The molecule has 11 atom stereocenters. The third-order valence-electron chi connectivity index (χ3n) is 5.79. The number of aromatic amines is 1. The first-order chi connectivity index (χ1) is 19.6. The summed E-state index contributed by atoms with van der Waals surface area (Å²) in [5, 5.41) is 55.1. The Bertz CT molecular complexity index is 1380. The highest BCUT2D eigenvalue weighted by Gasteiger charge is 2.50. The van der Waals surface area contributed by atoms with E-state index in [4.69, 9.17) is 15.0 Å². The molecule has 5 unspecified atom stereocenters. The first-order valence-electron chi connectivity index (χ1n) is 11.5. The van der Waals surface area contributed by atoms with E-state index in [2.05, 4.69) is 23.4 Å². The monoisotopic (exact) mass is 648 g/mol. The van der Waals surface area contributed by atoms with E-state index in [-0.39, 0.29) is 0 Å². The van der Waals surface area contributed by atoms with Crippen molar-refractivity contribution >= 4 is 21.6 Å². The number of carbonyl (C=O) groups excluding carboxylic acids is 1. The van der Waals surface area contributed by atoms with Crippen LogP contribution in [-0.4, -0.2) is 119 Å². The number of aliphatic hydroxyl groups is 5. The average Bonchev–Trinajstić information content (AvgIpc) is 3.18. The Labute approximate surface area is 232 Å². The lowest BCUT2D eigenvalue weighted by Gasteiger charge is -2.42. The standard InChI is InChI=1S/C17H26N6O17P2/c18-22-19-3-9(26)20-10-13(29)11(27)6(4-24)38-16(10)39-42(34,35)40-41(32,33)36-5-7-12(28)14(30)15(37-7)23-2-1-8(25)21-17(23)31/h1-2,6-7,10-16,24,27-30H,3-5H2,(H,20,26)(H,32,33)(H,34,35)(H,21,25,31)/t6?,7-,10?,11+,12?,13+,14+,15-,16-/m1/s1. The Morgan fingerprint density at radius 3 is 2.38 bits per heavy atom. The number of azide groups is 1. The van der Waals surface area contributed by atoms with Gasteiger partial charge in [-0.05, 0) is 5.53 Å². The van der Waals surface area contributed by atoms with Crippen molar-refractivity contribution in [2.75, 3.05) is 19.8 Å². The number of H-pyrrole nitrogens is 1. The van der Waals surface area contributed by atoms with Gasteiger partial charge < -0.3 is 50.1 Å². The van der Waals surface area contributed by atoms with Crippen LogP contribution in [0.4, 0.5) is 0 Å². The zero-order chi connectivity index (χ0) is 31.4. The molecule has 1 aromatic heterocycles. The molecule has 0 radical (unpaired) electrons. The highest BCUT2D eigenvalue weighted by Crippen LogP contribution is 2.61. The predicted molar refractivity (Wildman–Crippen MR) is 129 cm³/mol. The normalized spacial score (nSPS) is 34.1. The van der Waals surface area contributed by atoms with Gasteiger partial charge in [-0.25, -0.2) is 13.9 Å². The second-order valence-electron chi connectivity index (χ2n) is 8.67. The molecule has 0 aliphatic carbocycles. The van der Waals surface area contributed by atoms with Gasteiger partial charge in [0.1, 0.15) is 49.2 Å². The number of phosphoric acid groups is 2. The summed E-state index contributed by atoms with van der Waals surface area (Å²) in [7, 11) is -11.3. The molecule has 25 heteroatoms. The highest BCUT2D eigenvalue weighted by molar-refractivity contribution is 7.61. The van der Waals surface area contributed by atoms with E-state index in [0.29, 0.717) is 4.57 Å². The number of ether oxygens (including phenoxy) is 2. The molecule has 1 aromatic rings. The molecular formula is C17H26N6O17P2. The Morgan fingerprint density at radius 2 is 1.76 bits per heavy atom. The largest absolute Gasteiger partial charge is 0.483 e. The lowest BCUT2D eigenvalue weighted by Crippen LogP contribution is -2.64. The third-order valence-corrected chi connectivity index (χ3v) is 8.39. The summed E-state index contributed by atoms with van der Waals surface area (Å²) in [6, 6.07) is -0.958. The van der Waals surface area contributed by atoms with Gasteiger partial charge in [-0.2, -0.15) is 4.31 Å². The van der Waals surface area contributed by atoms with Gasteiger partial charge in [0, 0.05) is 17.2 Å². The van der Waals surface area contributed by atoms with Crippen molar-refractivity contribution in [3.8, 4) is 0 Å². The Balaban J connectivity index is 1.67. The summed E-state index contributed by atoms with van der Waals surface area (Å²) in [6.07, 6.45) is -13.6. The van der Waals surface area contributed by atoms with Crippen LogP contribution in [-0.2, 0) is 36.8 Å². The van der Waals surface area contributed by atoms with Gasteiger partial charge in [-0.3, -0.25) is 28.2 Å². The van der Waals surface area contributed by atoms with Gasteiger partial charge in [-0.15, -0.1) is 0 Å². The summed E-state index contributed by atoms with van der Waals surface area (Å²) in [5.74, 6) is -1.08. The fraction of sp³-hybridized carbons (Fsp3) is 0.706. The molecule has 0 saturated carbocycles. The maximum Gasteiger partial charge on any atom is 0.483 e. The van der Waals surface area contributed by atoms with E-state index in [1.165, 1.54) is 0 Å². The minimum absolute atomic E-state index is 0.705. The van der Waals surface area contributed by atoms with Crippen molar-refractivity contribution in [1.82, 2.24) is 14.9 Å². The number of hydrogen-bond acceptors (Lipinski definition) is 16. The number of nitrogens with zero attached hydrogens (tertiary/aromatic N) is 4. The molecule has 42 heavy (non-hydrogen) atoms. The first-order valence-corrected chi connectivity index (χ1v) is 14.5. The van der Waals surface area contributed by atoms with Crippen molar-refractivity contribution < 1.29 is 72.1 Å². The van der Waals surface area contributed by atoms with E-state index in [1.54, 1.807) is 0 Å². The van der Waals surface area contributed by atoms with Gasteiger partial charge in [0.2, 0.25) is 5.91 Å². The molecule has 0 spiro atoms. The van der Waals surface area contributed by atoms with Gasteiger partial charge in [0.15, 0.2) is 12.5 Å². The number of amides is 1. The number of nitrogens with one attached hydrogen (secondary N) is 2. The van der Waals surface area contributed by atoms with Crippen LogP contribution in [0.5, 0.6) is 0 Å². The zero-order valence-corrected chi connectivity index (χ0v) is 22.7. The smallest absolute Gasteiger partial charge is 0.394 e. The first kappa shape index (κ1) is 33.9. The number of carbonyl (C=O) groups is 1. The van der Waals surface area contributed by atoms with Crippen LogP contribution in [0.15, 0.2) is 27.0 Å². The van der Waals surface area contributed by atoms with Gasteiger partial charge >= 0.3 is 21.3 Å². The van der Waals surface area contributed by atoms with E-state index < -0.39 is 108 Å². The average molecular weight is 648 g/mol. The topological polar surface area (TPSA) is 355 Å². The summed E-state index contributed by atoms with van der Waals surface area (Å²) in [6.45, 7) is -2.85. The van der Waals surface area contributed by atoms with Gasteiger partial charge in [0.25, 0.3) is 5.56 Å². The molecule has 2 fully saturated rings. The van der Waals surface area contributed by atoms with Crippen molar-refractivity contribution in [1.29, 1.82) is 0 Å². The number of aromatic nitrogens is 2. The molecule has 2 aliphatic heterocycles. The molecule has 0 bridgehead atoms.